The Morgan fingerprint density at radius 2 is 2.06 bits per heavy atom. The Hall–Kier alpha value is -1.04. The second-order valence-electron chi connectivity index (χ2n) is 3.15. The summed E-state index contributed by atoms with van der Waals surface area (Å²) in [7, 11) is 0. The summed E-state index contributed by atoms with van der Waals surface area (Å²) in [4.78, 5) is 17.8. The zero-order valence-electron chi connectivity index (χ0n) is 8.30. The van der Waals surface area contributed by atoms with E-state index in [0.717, 1.165) is 0 Å². The molecule has 2 aromatic rings. The average molecular weight is 335 g/mol. The molecule has 1 aromatic carbocycles. The summed E-state index contributed by atoms with van der Waals surface area (Å²) in [5.41, 5.74) is 0.431. The van der Waals surface area contributed by atoms with Crippen LogP contribution in [-0.2, 0) is 0 Å². The first-order valence-corrected chi connectivity index (χ1v) is 6.08. The standard InChI is InChI=1S/C10H6BrCl2N3O/c11-8-9(14-4-15-10(8)17)16-5-1-2-6(12)7(13)3-5/h1-4H,(H2,14,15,16,17). The summed E-state index contributed by atoms with van der Waals surface area (Å²) < 4.78 is 0.325. The van der Waals surface area contributed by atoms with Crippen LogP contribution in [0.25, 0.3) is 0 Å². The first kappa shape index (κ1) is 12.4. The number of anilines is 2. The smallest absolute Gasteiger partial charge is 0.267 e. The highest BCUT2D eigenvalue weighted by molar-refractivity contribution is 9.10. The van der Waals surface area contributed by atoms with Crippen LogP contribution in [0.5, 0.6) is 0 Å². The van der Waals surface area contributed by atoms with Gasteiger partial charge >= 0.3 is 0 Å². The molecule has 0 spiro atoms. The zero-order chi connectivity index (χ0) is 12.4. The van der Waals surface area contributed by atoms with Crippen molar-refractivity contribution in [3.63, 3.8) is 0 Å². The number of hydrogen-bond acceptors (Lipinski definition) is 3. The molecule has 88 valence electrons. The normalized spacial score (nSPS) is 10.3. The Balaban J connectivity index is 2.35. The largest absolute Gasteiger partial charge is 0.339 e. The van der Waals surface area contributed by atoms with Crippen molar-refractivity contribution in [3.05, 3.63) is 49.4 Å². The van der Waals surface area contributed by atoms with E-state index in [4.69, 9.17) is 23.2 Å². The summed E-state index contributed by atoms with van der Waals surface area (Å²) in [6.07, 6.45) is 1.31. The van der Waals surface area contributed by atoms with Crippen LogP contribution in [0.4, 0.5) is 11.5 Å². The molecular formula is C10H6BrCl2N3O. The molecule has 0 aliphatic carbocycles. The molecule has 17 heavy (non-hydrogen) atoms. The summed E-state index contributed by atoms with van der Waals surface area (Å²) in [5, 5.41) is 3.86. The maximum Gasteiger partial charge on any atom is 0.267 e. The number of aromatic nitrogens is 2. The van der Waals surface area contributed by atoms with E-state index in [1.165, 1.54) is 6.33 Å². The van der Waals surface area contributed by atoms with Gasteiger partial charge in [0.15, 0.2) is 5.82 Å². The van der Waals surface area contributed by atoms with Crippen molar-refractivity contribution in [1.29, 1.82) is 0 Å². The average Bonchev–Trinajstić information content (AvgIpc) is 2.30. The topological polar surface area (TPSA) is 57.8 Å². The van der Waals surface area contributed by atoms with Gasteiger partial charge in [-0.3, -0.25) is 4.79 Å². The Labute approximate surface area is 115 Å². The number of aromatic amines is 1. The molecule has 0 bridgehead atoms. The van der Waals surface area contributed by atoms with E-state index in [1.54, 1.807) is 18.2 Å². The Kier molecular flexibility index (Phi) is 3.71. The minimum Gasteiger partial charge on any atom is -0.339 e. The van der Waals surface area contributed by atoms with Crippen LogP contribution >= 0.6 is 39.1 Å². The van der Waals surface area contributed by atoms with Crippen LogP contribution in [0, 0.1) is 0 Å². The number of benzene rings is 1. The second kappa shape index (κ2) is 5.08. The van der Waals surface area contributed by atoms with Crippen molar-refractivity contribution >= 4 is 50.6 Å². The van der Waals surface area contributed by atoms with Gasteiger partial charge in [0.05, 0.1) is 16.4 Å². The van der Waals surface area contributed by atoms with Crippen molar-refractivity contribution in [2.24, 2.45) is 0 Å². The lowest BCUT2D eigenvalue weighted by molar-refractivity contribution is 1.10. The molecule has 0 atom stereocenters. The molecule has 0 radical (unpaired) electrons. The fraction of sp³-hybridized carbons (Fsp3) is 0. The van der Waals surface area contributed by atoms with Crippen LogP contribution in [0.2, 0.25) is 10.0 Å². The van der Waals surface area contributed by atoms with Gasteiger partial charge in [0.1, 0.15) is 4.47 Å². The van der Waals surface area contributed by atoms with E-state index in [0.29, 0.717) is 26.0 Å². The molecule has 2 rings (SSSR count). The van der Waals surface area contributed by atoms with Gasteiger partial charge in [-0.05, 0) is 34.1 Å². The zero-order valence-corrected chi connectivity index (χ0v) is 11.4. The molecule has 1 aromatic heterocycles. The SMILES string of the molecule is O=c1[nH]cnc(Nc2ccc(Cl)c(Cl)c2)c1Br. The highest BCUT2D eigenvalue weighted by Gasteiger charge is 2.06. The fourth-order valence-electron chi connectivity index (χ4n) is 1.18. The predicted octanol–water partition coefficient (Wildman–Crippen LogP) is 3.58. The molecule has 0 amide bonds. The van der Waals surface area contributed by atoms with E-state index in [9.17, 15) is 4.79 Å². The summed E-state index contributed by atoms with van der Waals surface area (Å²) in [6.45, 7) is 0. The number of nitrogens with zero attached hydrogens (tertiary/aromatic N) is 1. The monoisotopic (exact) mass is 333 g/mol. The molecule has 4 nitrogen and oxygen atoms in total. The first-order chi connectivity index (χ1) is 8.08. The molecule has 7 heteroatoms. The van der Waals surface area contributed by atoms with E-state index in [2.05, 4.69) is 31.2 Å². The maximum absolute atomic E-state index is 11.3. The highest BCUT2D eigenvalue weighted by atomic mass is 79.9. The summed E-state index contributed by atoms with van der Waals surface area (Å²) in [5.74, 6) is 0.409. The highest BCUT2D eigenvalue weighted by Crippen LogP contribution is 2.27. The van der Waals surface area contributed by atoms with Gasteiger partial charge in [-0.2, -0.15) is 0 Å². The third kappa shape index (κ3) is 2.80. The second-order valence-corrected chi connectivity index (χ2v) is 4.76. The molecule has 0 unspecified atom stereocenters. The van der Waals surface area contributed by atoms with Crippen LogP contribution in [0.15, 0.2) is 33.8 Å². The van der Waals surface area contributed by atoms with Crippen molar-refractivity contribution in [1.82, 2.24) is 9.97 Å². The Bertz CT molecular complexity index is 615. The maximum atomic E-state index is 11.3. The van der Waals surface area contributed by atoms with Gasteiger partial charge in [-0.1, -0.05) is 23.2 Å². The van der Waals surface area contributed by atoms with Gasteiger partial charge in [0, 0.05) is 5.69 Å². The van der Waals surface area contributed by atoms with Crippen molar-refractivity contribution in [3.8, 4) is 0 Å². The number of H-pyrrole nitrogens is 1. The lowest BCUT2D eigenvalue weighted by atomic mass is 10.3. The molecule has 0 aliphatic rings. The van der Waals surface area contributed by atoms with E-state index < -0.39 is 0 Å². The van der Waals surface area contributed by atoms with Crippen LogP contribution in [0.3, 0.4) is 0 Å². The summed E-state index contributed by atoms with van der Waals surface area (Å²) >= 11 is 14.8. The minimum absolute atomic E-state index is 0.262. The molecule has 0 saturated heterocycles. The predicted molar refractivity (Wildman–Crippen MR) is 72.3 cm³/mol. The Morgan fingerprint density at radius 1 is 1.29 bits per heavy atom. The fourth-order valence-corrected chi connectivity index (χ4v) is 1.79. The van der Waals surface area contributed by atoms with Crippen LogP contribution in [-0.4, -0.2) is 9.97 Å². The van der Waals surface area contributed by atoms with Crippen molar-refractivity contribution in [2.45, 2.75) is 0 Å². The van der Waals surface area contributed by atoms with Gasteiger partial charge in [0.25, 0.3) is 5.56 Å². The van der Waals surface area contributed by atoms with Gasteiger partial charge in [-0.15, -0.1) is 0 Å². The van der Waals surface area contributed by atoms with Crippen molar-refractivity contribution < 1.29 is 0 Å². The van der Waals surface area contributed by atoms with Crippen LogP contribution < -0.4 is 10.9 Å². The Morgan fingerprint density at radius 3 is 2.76 bits per heavy atom. The van der Waals surface area contributed by atoms with Crippen molar-refractivity contribution in [2.75, 3.05) is 5.32 Å². The quantitative estimate of drug-likeness (QED) is 0.882. The van der Waals surface area contributed by atoms with Gasteiger partial charge < -0.3 is 10.3 Å². The van der Waals surface area contributed by atoms with E-state index in [1.807, 2.05) is 0 Å². The molecule has 2 N–H and O–H groups in total. The minimum atomic E-state index is -0.262. The molecule has 1 heterocycles. The number of rotatable bonds is 2. The van der Waals surface area contributed by atoms with E-state index >= 15 is 0 Å². The molecule has 0 aliphatic heterocycles. The molecule has 0 saturated carbocycles. The first-order valence-electron chi connectivity index (χ1n) is 4.53. The number of hydrogen-bond donors (Lipinski definition) is 2. The third-order valence-corrected chi connectivity index (χ3v) is 3.45. The van der Waals surface area contributed by atoms with E-state index in [-0.39, 0.29) is 5.56 Å². The molecule has 0 fully saturated rings. The number of nitrogens with one attached hydrogen (secondary N) is 2. The van der Waals surface area contributed by atoms with Crippen LogP contribution in [0.1, 0.15) is 0 Å². The summed E-state index contributed by atoms with van der Waals surface area (Å²) in [6, 6.07) is 5.05. The third-order valence-electron chi connectivity index (χ3n) is 1.98. The molecular weight excluding hydrogens is 329 g/mol. The van der Waals surface area contributed by atoms with Gasteiger partial charge in [-0.25, -0.2) is 4.98 Å². The number of halogens is 3. The lowest BCUT2D eigenvalue weighted by Gasteiger charge is -2.07. The van der Waals surface area contributed by atoms with Gasteiger partial charge in [0.2, 0.25) is 0 Å². The lowest BCUT2D eigenvalue weighted by Crippen LogP contribution is -2.09.